The highest BCUT2D eigenvalue weighted by atomic mass is 35.5. The SMILES string of the molecule is C[C@@H](OP(=O)(O)OP(=O)(O)OP(=O)(O)O)[C@H]1O[C@@H](n2ccc(=O)[nH]c2=O)C(N)(C#CCl)[C@H]1O. The first-order valence-electron chi connectivity index (χ1n) is 8.30. The molecule has 1 aliphatic rings. The van der Waals surface area contributed by atoms with Crippen LogP contribution >= 0.6 is 35.1 Å². The second kappa shape index (κ2) is 9.82. The summed E-state index contributed by atoms with van der Waals surface area (Å²) in [4.78, 5) is 61.4. The lowest BCUT2D eigenvalue weighted by Gasteiger charge is -2.28. The molecule has 1 aromatic heterocycles. The number of H-pyrrole nitrogens is 1. The number of hydrogen-bond donors (Lipinski definition) is 7. The van der Waals surface area contributed by atoms with Gasteiger partial charge in [-0.3, -0.25) is 18.9 Å². The molecule has 0 amide bonds. The monoisotopic (exact) mass is 555 g/mol. The van der Waals surface area contributed by atoms with Crippen LogP contribution in [-0.2, 0) is 31.6 Å². The summed E-state index contributed by atoms with van der Waals surface area (Å²) >= 11 is 5.39. The van der Waals surface area contributed by atoms with Crippen molar-refractivity contribution < 1.29 is 56.3 Å². The van der Waals surface area contributed by atoms with Gasteiger partial charge in [-0.2, -0.15) is 8.62 Å². The van der Waals surface area contributed by atoms with Crippen molar-refractivity contribution >= 4 is 35.1 Å². The highest BCUT2D eigenvalue weighted by Crippen LogP contribution is 2.66. The summed E-state index contributed by atoms with van der Waals surface area (Å²) in [5.41, 5.74) is 2.14. The van der Waals surface area contributed by atoms with E-state index >= 15 is 0 Å². The molecule has 1 saturated heterocycles. The van der Waals surface area contributed by atoms with Crippen LogP contribution in [0.15, 0.2) is 21.9 Å². The number of aromatic amines is 1. The van der Waals surface area contributed by atoms with Crippen LogP contribution in [0, 0.1) is 11.3 Å². The molecule has 17 nitrogen and oxygen atoms in total. The average Bonchev–Trinajstić information content (AvgIpc) is 2.83. The highest BCUT2D eigenvalue weighted by molar-refractivity contribution is 7.66. The second-order valence-corrected chi connectivity index (χ2v) is 11.0. The summed E-state index contributed by atoms with van der Waals surface area (Å²) in [7, 11) is -17.0. The maximum Gasteiger partial charge on any atom is 0.490 e. The Kier molecular flexibility index (Phi) is 8.35. The van der Waals surface area contributed by atoms with Crippen LogP contribution in [-0.4, -0.2) is 58.1 Å². The Labute approximate surface area is 188 Å². The van der Waals surface area contributed by atoms with Crippen molar-refractivity contribution in [2.24, 2.45) is 5.73 Å². The quantitative estimate of drug-likeness (QED) is 0.141. The van der Waals surface area contributed by atoms with E-state index in [1.54, 1.807) is 0 Å². The van der Waals surface area contributed by atoms with E-state index in [4.69, 9.17) is 31.9 Å². The highest BCUT2D eigenvalue weighted by Gasteiger charge is 2.57. The third-order valence-electron chi connectivity index (χ3n) is 4.04. The van der Waals surface area contributed by atoms with Crippen molar-refractivity contribution in [1.29, 1.82) is 0 Å². The minimum Gasteiger partial charge on any atom is -0.387 e. The van der Waals surface area contributed by atoms with Crippen LogP contribution in [0.4, 0.5) is 0 Å². The summed E-state index contributed by atoms with van der Waals surface area (Å²) in [5, 5.41) is 12.6. The number of nitrogens with zero attached hydrogens (tertiary/aromatic N) is 1. The van der Waals surface area contributed by atoms with Gasteiger partial charge >= 0.3 is 29.2 Å². The molecule has 8 N–H and O–H groups in total. The Hall–Kier alpha value is -1.18. The van der Waals surface area contributed by atoms with E-state index < -0.39 is 64.8 Å². The molecular formula is C12H17ClN3O14P3. The molecule has 1 aliphatic heterocycles. The summed E-state index contributed by atoms with van der Waals surface area (Å²) in [6.07, 6.45) is -5.91. The van der Waals surface area contributed by atoms with Crippen LogP contribution in [0.1, 0.15) is 13.2 Å². The van der Waals surface area contributed by atoms with Crippen LogP contribution < -0.4 is 17.0 Å². The first kappa shape index (κ1) is 28.1. The number of phosphoric ester groups is 1. The zero-order valence-corrected chi connectivity index (χ0v) is 19.6. The minimum atomic E-state index is -5.79. The Morgan fingerprint density at radius 3 is 2.36 bits per heavy atom. The van der Waals surface area contributed by atoms with E-state index in [1.807, 2.05) is 10.4 Å². The van der Waals surface area contributed by atoms with Gasteiger partial charge in [-0.15, -0.1) is 0 Å². The van der Waals surface area contributed by atoms with Crippen molar-refractivity contribution in [2.75, 3.05) is 0 Å². The summed E-state index contributed by atoms with van der Waals surface area (Å²) in [6.45, 7) is 1.01. The molecule has 21 heteroatoms. The molecule has 7 atom stereocenters. The fourth-order valence-corrected chi connectivity index (χ4v) is 6.18. The number of aromatic nitrogens is 2. The van der Waals surface area contributed by atoms with Crippen LogP contribution in [0.3, 0.4) is 0 Å². The average molecular weight is 556 g/mol. The van der Waals surface area contributed by atoms with E-state index in [1.165, 1.54) is 0 Å². The Balaban J connectivity index is 2.32. The lowest BCUT2D eigenvalue weighted by molar-refractivity contribution is -0.0755. The first-order valence-corrected chi connectivity index (χ1v) is 13.2. The van der Waals surface area contributed by atoms with Crippen LogP contribution in [0.2, 0.25) is 0 Å². The zero-order valence-electron chi connectivity index (χ0n) is 16.1. The number of halogens is 1. The second-order valence-electron chi connectivity index (χ2n) is 6.47. The number of phosphoric acid groups is 3. The molecule has 186 valence electrons. The van der Waals surface area contributed by atoms with Crippen molar-refractivity contribution in [2.45, 2.75) is 37.0 Å². The number of ether oxygens (including phenoxy) is 1. The topological polar surface area (TPSA) is 270 Å². The minimum absolute atomic E-state index is 0.739. The molecule has 2 rings (SSSR count). The van der Waals surface area contributed by atoms with Gasteiger partial charge < -0.3 is 35.2 Å². The number of aliphatic hydroxyl groups is 1. The van der Waals surface area contributed by atoms with E-state index in [0.29, 0.717) is 0 Å². The normalized spacial score (nSPS) is 30.0. The van der Waals surface area contributed by atoms with Crippen molar-refractivity contribution in [3.8, 4) is 11.3 Å². The van der Waals surface area contributed by atoms with E-state index in [9.17, 15) is 38.2 Å². The van der Waals surface area contributed by atoms with Gasteiger partial charge in [0.1, 0.15) is 12.2 Å². The van der Waals surface area contributed by atoms with Crippen molar-refractivity contribution in [3.05, 3.63) is 33.1 Å². The Morgan fingerprint density at radius 1 is 1.24 bits per heavy atom. The van der Waals surface area contributed by atoms with Gasteiger partial charge in [-0.1, -0.05) is 5.92 Å². The fraction of sp³-hybridized carbons (Fsp3) is 0.500. The number of nitrogens with two attached hydrogens (primary N) is 1. The van der Waals surface area contributed by atoms with E-state index in [-0.39, 0.29) is 0 Å². The lowest BCUT2D eigenvalue weighted by atomic mass is 9.90. The van der Waals surface area contributed by atoms with E-state index in [0.717, 1.165) is 23.8 Å². The molecule has 0 radical (unpaired) electrons. The summed E-state index contributed by atoms with van der Waals surface area (Å²) < 4.78 is 52.2. The number of nitrogens with one attached hydrogen (secondary N) is 1. The smallest absolute Gasteiger partial charge is 0.387 e. The molecule has 1 aromatic rings. The number of hydrogen-bond acceptors (Lipinski definition) is 11. The zero-order chi connectivity index (χ0) is 25.4. The molecule has 1 fully saturated rings. The first-order chi connectivity index (χ1) is 14.9. The number of rotatable bonds is 8. The van der Waals surface area contributed by atoms with Gasteiger partial charge in [0.15, 0.2) is 11.8 Å². The fourth-order valence-electron chi connectivity index (χ4n) is 2.82. The maximum atomic E-state index is 12.1. The predicted octanol–water partition coefficient (Wildman–Crippen LogP) is -1.58. The van der Waals surface area contributed by atoms with Gasteiger partial charge in [-0.25, -0.2) is 18.5 Å². The van der Waals surface area contributed by atoms with Crippen LogP contribution in [0.5, 0.6) is 0 Å². The molecule has 0 bridgehead atoms. The lowest BCUT2D eigenvalue weighted by Crippen LogP contribution is -2.55. The molecule has 2 heterocycles. The summed E-state index contributed by atoms with van der Waals surface area (Å²) in [6, 6.07) is 0.925. The molecule has 0 spiro atoms. The van der Waals surface area contributed by atoms with Gasteiger partial charge in [0.25, 0.3) is 5.56 Å². The predicted molar refractivity (Wildman–Crippen MR) is 106 cm³/mol. The van der Waals surface area contributed by atoms with Crippen LogP contribution in [0.25, 0.3) is 0 Å². The molecule has 0 aliphatic carbocycles. The van der Waals surface area contributed by atoms with Gasteiger partial charge in [0, 0.05) is 17.6 Å². The standard InChI is InChI=1S/C12H17ClN3O14P3/c1-6(28-32(23,24)30-33(25,26)29-31(20,21)22)8-9(18)12(14,3-4-13)10(27-8)16-5-2-7(17)15-11(16)19/h2,5-6,8-10,18H,14H2,1H3,(H,23,24)(H,25,26)(H,15,17,19)(H2,20,21,22)/t6-,8-,9+,10-,12?/m1/s1. The largest absolute Gasteiger partial charge is 0.490 e. The van der Waals surface area contributed by atoms with Crippen molar-refractivity contribution in [3.63, 3.8) is 0 Å². The molecular weight excluding hydrogens is 539 g/mol. The van der Waals surface area contributed by atoms with Crippen molar-refractivity contribution in [1.82, 2.24) is 9.55 Å². The maximum absolute atomic E-state index is 12.1. The molecule has 33 heavy (non-hydrogen) atoms. The number of aliphatic hydroxyl groups excluding tert-OH is 1. The van der Waals surface area contributed by atoms with E-state index in [2.05, 4.69) is 19.1 Å². The van der Waals surface area contributed by atoms with Gasteiger partial charge in [0.05, 0.1) is 6.10 Å². The molecule has 0 saturated carbocycles. The molecule has 3 unspecified atom stereocenters. The third-order valence-corrected chi connectivity index (χ3v) is 8.06. The Morgan fingerprint density at radius 2 is 1.85 bits per heavy atom. The van der Waals surface area contributed by atoms with Gasteiger partial charge in [0.2, 0.25) is 0 Å². The van der Waals surface area contributed by atoms with Gasteiger partial charge in [-0.05, 0) is 18.5 Å². The molecule has 0 aromatic carbocycles. The summed E-state index contributed by atoms with van der Waals surface area (Å²) in [5.74, 6) is 2.23. The Bertz CT molecular complexity index is 1220. The third kappa shape index (κ3) is 6.92.